The molecule has 0 atom stereocenters. The number of amides is 1. The van der Waals surface area contributed by atoms with E-state index in [2.05, 4.69) is 15.6 Å². The summed E-state index contributed by atoms with van der Waals surface area (Å²) >= 11 is 0. The monoisotopic (exact) mass is 386 g/mol. The number of hydrogen-bond acceptors (Lipinski definition) is 3. The molecule has 0 unspecified atom stereocenters. The van der Waals surface area contributed by atoms with Crippen LogP contribution >= 0.6 is 0 Å². The average molecular weight is 386 g/mol. The third-order valence-corrected chi connectivity index (χ3v) is 3.87. The van der Waals surface area contributed by atoms with Gasteiger partial charge in [0.15, 0.2) is 12.6 Å². The van der Waals surface area contributed by atoms with Crippen molar-refractivity contribution in [1.82, 2.24) is 15.5 Å². The second kappa shape index (κ2) is 10.9. The molecular formula is C21H27FN4O2. The first-order chi connectivity index (χ1) is 13.5. The van der Waals surface area contributed by atoms with Crippen molar-refractivity contribution in [2.24, 2.45) is 4.99 Å². The number of aliphatic imine (C=N–C) groups is 1. The van der Waals surface area contributed by atoms with Gasteiger partial charge in [-0.2, -0.15) is 0 Å². The fourth-order valence-corrected chi connectivity index (χ4v) is 2.35. The molecule has 0 aromatic heterocycles. The molecular weight excluding hydrogens is 359 g/mol. The summed E-state index contributed by atoms with van der Waals surface area (Å²) in [4.78, 5) is 17.6. The number of guanidine groups is 1. The lowest BCUT2D eigenvalue weighted by molar-refractivity contribution is -0.130. The molecule has 2 aromatic rings. The molecule has 7 heteroatoms. The summed E-state index contributed by atoms with van der Waals surface area (Å²) in [7, 11) is 3.38. The van der Waals surface area contributed by atoms with Crippen molar-refractivity contribution in [3.05, 3.63) is 65.5 Å². The van der Waals surface area contributed by atoms with Crippen LogP contribution in [-0.2, 0) is 17.9 Å². The molecule has 0 fully saturated rings. The van der Waals surface area contributed by atoms with Crippen molar-refractivity contribution in [2.75, 3.05) is 27.2 Å². The lowest BCUT2D eigenvalue weighted by Gasteiger charge is -2.13. The average Bonchev–Trinajstić information content (AvgIpc) is 2.68. The van der Waals surface area contributed by atoms with Crippen LogP contribution in [-0.4, -0.2) is 44.0 Å². The Bertz CT molecular complexity index is 808. The van der Waals surface area contributed by atoms with Crippen molar-refractivity contribution < 1.29 is 13.9 Å². The molecule has 0 spiro atoms. The van der Waals surface area contributed by atoms with Crippen LogP contribution in [0.4, 0.5) is 4.39 Å². The molecule has 0 aliphatic rings. The van der Waals surface area contributed by atoms with Crippen LogP contribution in [0, 0.1) is 5.82 Å². The summed E-state index contributed by atoms with van der Waals surface area (Å²) in [5.74, 6) is 0.912. The minimum absolute atomic E-state index is 0.00160. The van der Waals surface area contributed by atoms with E-state index in [-0.39, 0.29) is 18.3 Å². The first-order valence-corrected chi connectivity index (χ1v) is 9.16. The molecule has 0 aliphatic carbocycles. The number of nitrogens with zero attached hydrogens (tertiary/aromatic N) is 2. The molecule has 28 heavy (non-hydrogen) atoms. The second-order valence-corrected chi connectivity index (χ2v) is 6.40. The Morgan fingerprint density at radius 3 is 2.57 bits per heavy atom. The van der Waals surface area contributed by atoms with Crippen LogP contribution in [0.3, 0.4) is 0 Å². The van der Waals surface area contributed by atoms with E-state index in [1.165, 1.54) is 17.0 Å². The highest BCUT2D eigenvalue weighted by atomic mass is 19.1. The minimum Gasteiger partial charge on any atom is -0.484 e. The van der Waals surface area contributed by atoms with E-state index in [9.17, 15) is 9.18 Å². The molecule has 0 radical (unpaired) electrons. The fourth-order valence-electron chi connectivity index (χ4n) is 2.35. The summed E-state index contributed by atoms with van der Waals surface area (Å²) in [5.41, 5.74) is 1.80. The highest BCUT2D eigenvalue weighted by Gasteiger charge is 2.06. The quantitative estimate of drug-likeness (QED) is 0.541. The van der Waals surface area contributed by atoms with Crippen LogP contribution in [0.2, 0.25) is 0 Å². The van der Waals surface area contributed by atoms with Crippen LogP contribution in [0.5, 0.6) is 5.75 Å². The Labute approximate surface area is 165 Å². The van der Waals surface area contributed by atoms with Gasteiger partial charge in [0.1, 0.15) is 11.6 Å². The maximum Gasteiger partial charge on any atom is 0.259 e. The van der Waals surface area contributed by atoms with Crippen molar-refractivity contribution in [2.45, 2.75) is 20.0 Å². The summed E-state index contributed by atoms with van der Waals surface area (Å²) in [6, 6.07) is 13.9. The van der Waals surface area contributed by atoms with E-state index in [1.54, 1.807) is 20.2 Å². The Kier molecular flexibility index (Phi) is 8.27. The van der Waals surface area contributed by atoms with Crippen LogP contribution in [0.1, 0.15) is 18.1 Å². The van der Waals surface area contributed by atoms with Gasteiger partial charge in [-0.05, 0) is 42.3 Å². The van der Waals surface area contributed by atoms with Crippen molar-refractivity contribution >= 4 is 11.9 Å². The van der Waals surface area contributed by atoms with Gasteiger partial charge in [-0.1, -0.05) is 24.3 Å². The molecule has 2 aromatic carbocycles. The minimum atomic E-state index is -0.268. The molecule has 1 amide bonds. The molecule has 0 heterocycles. The van der Waals surface area contributed by atoms with E-state index in [0.29, 0.717) is 31.3 Å². The van der Waals surface area contributed by atoms with Crippen LogP contribution in [0.15, 0.2) is 53.5 Å². The van der Waals surface area contributed by atoms with Gasteiger partial charge < -0.3 is 20.3 Å². The van der Waals surface area contributed by atoms with E-state index in [4.69, 9.17) is 4.74 Å². The van der Waals surface area contributed by atoms with E-state index >= 15 is 0 Å². The Hall–Kier alpha value is -3.09. The third kappa shape index (κ3) is 7.26. The number of carbonyl (C=O) groups is 1. The van der Waals surface area contributed by atoms with Crippen molar-refractivity contribution in [1.29, 1.82) is 0 Å². The topological polar surface area (TPSA) is 66.0 Å². The normalized spacial score (nSPS) is 11.1. The number of hydrogen-bond donors (Lipinski definition) is 2. The highest BCUT2D eigenvalue weighted by molar-refractivity contribution is 5.79. The van der Waals surface area contributed by atoms with Gasteiger partial charge in [-0.15, -0.1) is 0 Å². The molecule has 0 saturated carbocycles. The number of halogens is 1. The Balaban J connectivity index is 1.94. The summed E-state index contributed by atoms with van der Waals surface area (Å²) in [6.45, 7) is 3.61. The molecule has 0 saturated heterocycles. The number of carbonyl (C=O) groups excluding carboxylic acids is 1. The molecule has 0 aliphatic heterocycles. The highest BCUT2D eigenvalue weighted by Crippen LogP contribution is 2.13. The lowest BCUT2D eigenvalue weighted by Crippen LogP contribution is -2.36. The van der Waals surface area contributed by atoms with Gasteiger partial charge in [0.25, 0.3) is 5.91 Å². The van der Waals surface area contributed by atoms with E-state index in [0.717, 1.165) is 11.1 Å². The van der Waals surface area contributed by atoms with E-state index < -0.39 is 0 Å². The predicted octanol–water partition coefficient (Wildman–Crippen LogP) is 2.55. The standard InChI is InChI=1S/C21H27FN4O2/c1-4-23-21(24-13-16-7-5-9-18(22)11-16)25-14-17-8-6-10-19(12-17)28-15-20(27)26(2)3/h5-12H,4,13-15H2,1-3H3,(H2,23,24,25). The number of likely N-dealkylation sites (N-methyl/N-ethyl adjacent to an activating group) is 1. The number of rotatable bonds is 8. The predicted molar refractivity (Wildman–Crippen MR) is 109 cm³/mol. The van der Waals surface area contributed by atoms with Gasteiger partial charge in [0, 0.05) is 27.2 Å². The third-order valence-electron chi connectivity index (χ3n) is 3.87. The van der Waals surface area contributed by atoms with Crippen molar-refractivity contribution in [3.63, 3.8) is 0 Å². The summed E-state index contributed by atoms with van der Waals surface area (Å²) in [6.07, 6.45) is 0. The lowest BCUT2D eigenvalue weighted by atomic mass is 10.2. The summed E-state index contributed by atoms with van der Waals surface area (Å²) in [5, 5.41) is 6.42. The SMILES string of the molecule is CCNC(=NCc1cccc(F)c1)NCc1cccc(OCC(=O)N(C)C)c1. The molecule has 6 nitrogen and oxygen atoms in total. The maximum atomic E-state index is 13.3. The number of ether oxygens (including phenoxy) is 1. The zero-order valence-corrected chi connectivity index (χ0v) is 16.5. The molecule has 2 N–H and O–H groups in total. The van der Waals surface area contributed by atoms with Crippen molar-refractivity contribution in [3.8, 4) is 5.75 Å². The number of nitrogens with one attached hydrogen (secondary N) is 2. The van der Waals surface area contributed by atoms with Crippen LogP contribution in [0.25, 0.3) is 0 Å². The van der Waals surface area contributed by atoms with E-state index in [1.807, 2.05) is 37.3 Å². The zero-order valence-electron chi connectivity index (χ0n) is 16.5. The maximum absolute atomic E-state index is 13.3. The van der Waals surface area contributed by atoms with Crippen LogP contribution < -0.4 is 15.4 Å². The summed E-state index contributed by atoms with van der Waals surface area (Å²) < 4.78 is 18.8. The zero-order chi connectivity index (χ0) is 20.4. The van der Waals surface area contributed by atoms with Gasteiger partial charge >= 0.3 is 0 Å². The Morgan fingerprint density at radius 2 is 1.86 bits per heavy atom. The van der Waals surface area contributed by atoms with Gasteiger partial charge in [0.05, 0.1) is 6.54 Å². The van der Waals surface area contributed by atoms with Gasteiger partial charge in [0.2, 0.25) is 0 Å². The molecule has 2 rings (SSSR count). The second-order valence-electron chi connectivity index (χ2n) is 6.40. The first-order valence-electron chi connectivity index (χ1n) is 9.16. The first kappa shape index (κ1) is 21.2. The fraction of sp³-hybridized carbons (Fsp3) is 0.333. The molecule has 150 valence electrons. The van der Waals surface area contributed by atoms with Gasteiger partial charge in [-0.3, -0.25) is 4.79 Å². The smallest absolute Gasteiger partial charge is 0.259 e. The largest absolute Gasteiger partial charge is 0.484 e. The Morgan fingerprint density at radius 1 is 1.11 bits per heavy atom. The molecule has 0 bridgehead atoms. The van der Waals surface area contributed by atoms with Gasteiger partial charge in [-0.25, -0.2) is 9.38 Å². The number of benzene rings is 2.